The average Bonchev–Trinajstić information content (AvgIpc) is 2.82. The zero-order valence-electron chi connectivity index (χ0n) is 18.8. The minimum absolute atomic E-state index is 0.00992. The summed E-state index contributed by atoms with van der Waals surface area (Å²) in [6, 6.07) is 24.7. The number of carbonyl (C=O) groups is 1. The summed E-state index contributed by atoms with van der Waals surface area (Å²) < 4.78 is 0. The molecule has 1 amide bonds. The Balaban J connectivity index is 1.35. The summed E-state index contributed by atoms with van der Waals surface area (Å²) in [4.78, 5) is 17.2. The van der Waals surface area contributed by atoms with Crippen molar-refractivity contribution in [3.63, 3.8) is 0 Å². The molecule has 1 aliphatic heterocycles. The molecule has 1 heterocycles. The number of nitrogens with zero attached hydrogens (tertiary/aromatic N) is 1. The van der Waals surface area contributed by atoms with Gasteiger partial charge in [-0.3, -0.25) is 9.69 Å². The molecule has 1 N–H and O–H groups in total. The molecule has 0 unspecified atom stereocenters. The monoisotopic (exact) mass is 442 g/mol. The van der Waals surface area contributed by atoms with E-state index < -0.39 is 0 Å². The lowest BCUT2D eigenvalue weighted by molar-refractivity contribution is 0.0919. The van der Waals surface area contributed by atoms with E-state index in [9.17, 15) is 4.79 Å². The van der Waals surface area contributed by atoms with Crippen molar-refractivity contribution in [1.29, 1.82) is 0 Å². The van der Waals surface area contributed by atoms with Gasteiger partial charge in [0.05, 0.1) is 6.67 Å². The fourth-order valence-corrected chi connectivity index (χ4v) is 4.95. The molecular weight excluding hydrogens is 412 g/mol. The Morgan fingerprint density at radius 3 is 2.41 bits per heavy atom. The van der Waals surface area contributed by atoms with Gasteiger partial charge in [0.25, 0.3) is 5.91 Å². The average molecular weight is 443 g/mol. The van der Waals surface area contributed by atoms with Crippen molar-refractivity contribution in [3.05, 3.63) is 101 Å². The normalized spacial score (nSPS) is 14.2. The zero-order valence-corrected chi connectivity index (χ0v) is 19.6. The third-order valence-electron chi connectivity index (χ3n) is 5.83. The van der Waals surface area contributed by atoms with Gasteiger partial charge in [0.2, 0.25) is 0 Å². The van der Waals surface area contributed by atoms with E-state index in [-0.39, 0.29) is 5.91 Å². The number of benzene rings is 3. The lowest BCUT2D eigenvalue weighted by Crippen LogP contribution is -2.40. The Labute approximate surface area is 195 Å². The molecule has 1 aliphatic rings. The van der Waals surface area contributed by atoms with Gasteiger partial charge >= 0.3 is 0 Å². The van der Waals surface area contributed by atoms with Gasteiger partial charge in [-0.1, -0.05) is 77.5 Å². The van der Waals surface area contributed by atoms with Gasteiger partial charge < -0.3 is 5.32 Å². The van der Waals surface area contributed by atoms with E-state index in [1.807, 2.05) is 42.1 Å². The Kier molecular flexibility index (Phi) is 7.46. The number of hydrogen-bond donors (Lipinski definition) is 1. The second-order valence-electron chi connectivity index (χ2n) is 8.36. The van der Waals surface area contributed by atoms with Crippen molar-refractivity contribution in [2.45, 2.75) is 36.5 Å². The molecule has 3 aromatic carbocycles. The van der Waals surface area contributed by atoms with Gasteiger partial charge in [0.1, 0.15) is 0 Å². The van der Waals surface area contributed by atoms with Crippen LogP contribution in [-0.4, -0.2) is 30.6 Å². The number of amides is 1. The summed E-state index contributed by atoms with van der Waals surface area (Å²) in [7, 11) is 0. The van der Waals surface area contributed by atoms with Gasteiger partial charge in [-0.15, -0.1) is 0 Å². The Morgan fingerprint density at radius 1 is 0.938 bits per heavy atom. The molecule has 0 aliphatic carbocycles. The Bertz CT molecular complexity index is 1100. The first-order valence-corrected chi connectivity index (χ1v) is 12.0. The zero-order chi connectivity index (χ0) is 22.3. The predicted octanol–water partition coefficient (Wildman–Crippen LogP) is 6.32. The highest BCUT2D eigenvalue weighted by atomic mass is 32.2. The van der Waals surface area contributed by atoms with Crippen LogP contribution >= 0.6 is 11.8 Å². The summed E-state index contributed by atoms with van der Waals surface area (Å²) in [5.74, 6) is -0.00992. The van der Waals surface area contributed by atoms with E-state index in [2.05, 4.69) is 72.6 Å². The van der Waals surface area contributed by atoms with Crippen LogP contribution in [-0.2, 0) is 0 Å². The summed E-state index contributed by atoms with van der Waals surface area (Å²) in [6.07, 6.45) is 4.43. The van der Waals surface area contributed by atoms with E-state index in [1.54, 1.807) is 0 Å². The van der Waals surface area contributed by atoms with Crippen molar-refractivity contribution >= 4 is 23.7 Å². The molecule has 0 radical (unpaired) electrons. The minimum Gasteiger partial charge on any atom is -0.339 e. The van der Waals surface area contributed by atoms with Crippen LogP contribution in [0.4, 0.5) is 0 Å². The molecular formula is C28H30N2OS. The Hall–Kier alpha value is -2.82. The maximum Gasteiger partial charge on any atom is 0.252 e. The lowest BCUT2D eigenvalue weighted by Gasteiger charge is -2.28. The van der Waals surface area contributed by atoms with Crippen molar-refractivity contribution in [3.8, 4) is 0 Å². The van der Waals surface area contributed by atoms with Crippen molar-refractivity contribution in [2.75, 3.05) is 19.8 Å². The molecule has 1 saturated heterocycles. The SMILES string of the molecule is Cc1ccc(Sc2ccccc2C=C2CCN(CNC(=O)c3ccccc3)CC2)c(C)c1. The second-order valence-corrected chi connectivity index (χ2v) is 9.44. The molecule has 32 heavy (non-hydrogen) atoms. The quantitative estimate of drug-likeness (QED) is 0.485. The topological polar surface area (TPSA) is 32.3 Å². The van der Waals surface area contributed by atoms with Gasteiger partial charge in [-0.25, -0.2) is 0 Å². The van der Waals surface area contributed by atoms with Gasteiger partial charge in [-0.05, 0) is 62.1 Å². The first-order valence-electron chi connectivity index (χ1n) is 11.2. The summed E-state index contributed by atoms with van der Waals surface area (Å²) in [5.41, 5.74) is 6.10. The van der Waals surface area contributed by atoms with Crippen molar-refractivity contribution in [1.82, 2.24) is 10.2 Å². The highest BCUT2D eigenvalue weighted by Gasteiger charge is 2.15. The fourth-order valence-electron chi connectivity index (χ4n) is 3.96. The Morgan fingerprint density at radius 2 is 1.66 bits per heavy atom. The first kappa shape index (κ1) is 22.4. The van der Waals surface area contributed by atoms with Crippen LogP contribution in [0.3, 0.4) is 0 Å². The molecule has 0 spiro atoms. The highest BCUT2D eigenvalue weighted by molar-refractivity contribution is 7.99. The molecule has 4 heteroatoms. The van der Waals surface area contributed by atoms with Gasteiger partial charge in [0, 0.05) is 28.4 Å². The number of piperidine rings is 1. The lowest BCUT2D eigenvalue weighted by atomic mass is 10.0. The van der Waals surface area contributed by atoms with Crippen LogP contribution in [0, 0.1) is 13.8 Å². The van der Waals surface area contributed by atoms with Gasteiger partial charge in [0.15, 0.2) is 0 Å². The number of nitrogens with one attached hydrogen (secondary N) is 1. The van der Waals surface area contributed by atoms with Crippen LogP contribution < -0.4 is 5.32 Å². The van der Waals surface area contributed by atoms with Crippen molar-refractivity contribution in [2.24, 2.45) is 0 Å². The van der Waals surface area contributed by atoms with Crippen molar-refractivity contribution < 1.29 is 4.79 Å². The smallest absolute Gasteiger partial charge is 0.252 e. The molecule has 3 aromatic rings. The minimum atomic E-state index is -0.00992. The second kappa shape index (κ2) is 10.7. The maximum absolute atomic E-state index is 12.3. The van der Waals surface area contributed by atoms with E-state index >= 15 is 0 Å². The third-order valence-corrected chi connectivity index (χ3v) is 7.10. The molecule has 0 aromatic heterocycles. The number of rotatable bonds is 6. The van der Waals surface area contributed by atoms with Gasteiger partial charge in [-0.2, -0.15) is 0 Å². The molecule has 4 rings (SSSR count). The summed E-state index contributed by atoms with van der Waals surface area (Å²) in [5, 5.41) is 3.04. The van der Waals surface area contributed by atoms with Crippen LogP contribution in [0.5, 0.6) is 0 Å². The molecule has 0 bridgehead atoms. The standard InChI is InChI=1S/C28H30N2OS/c1-21-12-13-26(22(2)18-21)32-27-11-7-6-10-25(27)19-23-14-16-30(17-15-23)20-29-28(31)24-8-4-3-5-9-24/h3-13,18-19H,14-17,20H2,1-2H3,(H,29,31). The van der Waals surface area contributed by atoms with Crippen LogP contribution in [0.2, 0.25) is 0 Å². The number of hydrogen-bond acceptors (Lipinski definition) is 3. The highest BCUT2D eigenvalue weighted by Crippen LogP contribution is 2.34. The fraction of sp³-hybridized carbons (Fsp3) is 0.250. The molecule has 1 fully saturated rings. The van der Waals surface area contributed by atoms with Crippen LogP contribution in [0.25, 0.3) is 6.08 Å². The maximum atomic E-state index is 12.3. The summed E-state index contributed by atoms with van der Waals surface area (Å²) >= 11 is 1.85. The van der Waals surface area contributed by atoms with Crippen LogP contribution in [0.15, 0.2) is 88.2 Å². The molecule has 0 saturated carbocycles. The largest absolute Gasteiger partial charge is 0.339 e. The van der Waals surface area contributed by atoms with E-state index in [0.29, 0.717) is 12.2 Å². The van der Waals surface area contributed by atoms with E-state index in [4.69, 9.17) is 0 Å². The third kappa shape index (κ3) is 5.90. The molecule has 0 atom stereocenters. The predicted molar refractivity (Wildman–Crippen MR) is 134 cm³/mol. The first-order chi connectivity index (χ1) is 15.6. The van der Waals surface area contributed by atoms with Crippen LogP contribution in [0.1, 0.15) is 39.9 Å². The van der Waals surface area contributed by atoms with E-state index in [0.717, 1.165) is 25.9 Å². The number of carbonyl (C=O) groups excluding carboxylic acids is 1. The molecule has 164 valence electrons. The number of aryl methyl sites for hydroxylation is 2. The summed E-state index contributed by atoms with van der Waals surface area (Å²) in [6.45, 7) is 6.85. The molecule has 3 nitrogen and oxygen atoms in total. The number of likely N-dealkylation sites (tertiary alicyclic amines) is 1. The van der Waals surface area contributed by atoms with E-state index in [1.165, 1.54) is 32.1 Å².